The third-order valence-electron chi connectivity index (χ3n) is 4.54. The molecule has 0 saturated carbocycles. The molecule has 7 nitrogen and oxygen atoms in total. The van der Waals surface area contributed by atoms with Gasteiger partial charge in [0.15, 0.2) is 11.5 Å². The lowest BCUT2D eigenvalue weighted by Crippen LogP contribution is -2.37. The number of ether oxygens (including phenoxy) is 2. The summed E-state index contributed by atoms with van der Waals surface area (Å²) in [7, 11) is 0. The molecule has 3 rings (SSSR count). The molecule has 0 aliphatic carbocycles. The molecule has 2 aliphatic heterocycles. The number of nitrogens with one attached hydrogen (secondary N) is 1. The number of thioether (sulfide) groups is 1. The monoisotopic (exact) mass is 404 g/mol. The number of carbonyl (C=O) groups excluding carboxylic acids is 3. The fourth-order valence-corrected chi connectivity index (χ4v) is 4.00. The van der Waals surface area contributed by atoms with E-state index in [1.807, 2.05) is 6.92 Å². The number of carbonyl (C=O) groups is 3. The van der Waals surface area contributed by atoms with Crippen molar-refractivity contribution >= 4 is 34.9 Å². The summed E-state index contributed by atoms with van der Waals surface area (Å²) in [6, 6.07) is 5.35. The second kappa shape index (κ2) is 9.14. The van der Waals surface area contributed by atoms with Crippen LogP contribution in [0.3, 0.4) is 0 Å². The van der Waals surface area contributed by atoms with E-state index in [9.17, 15) is 14.4 Å². The van der Waals surface area contributed by atoms with E-state index in [1.54, 1.807) is 24.3 Å². The van der Waals surface area contributed by atoms with Crippen molar-refractivity contribution in [2.45, 2.75) is 33.1 Å². The van der Waals surface area contributed by atoms with Gasteiger partial charge in [0.2, 0.25) is 12.7 Å². The van der Waals surface area contributed by atoms with Crippen LogP contribution in [0.25, 0.3) is 6.08 Å². The van der Waals surface area contributed by atoms with Gasteiger partial charge in [0.25, 0.3) is 11.1 Å². The van der Waals surface area contributed by atoms with Gasteiger partial charge < -0.3 is 14.8 Å². The third-order valence-corrected chi connectivity index (χ3v) is 5.45. The second-order valence-electron chi connectivity index (χ2n) is 6.89. The molecule has 1 fully saturated rings. The predicted molar refractivity (Wildman–Crippen MR) is 107 cm³/mol. The van der Waals surface area contributed by atoms with Crippen LogP contribution in [0, 0.1) is 5.92 Å². The Morgan fingerprint density at radius 1 is 1.32 bits per heavy atom. The van der Waals surface area contributed by atoms with Gasteiger partial charge >= 0.3 is 0 Å². The van der Waals surface area contributed by atoms with E-state index in [0.29, 0.717) is 28.7 Å². The summed E-state index contributed by atoms with van der Waals surface area (Å²) in [4.78, 5) is 38.2. The van der Waals surface area contributed by atoms with E-state index < -0.39 is 0 Å². The van der Waals surface area contributed by atoms with Crippen LogP contribution < -0.4 is 14.8 Å². The minimum atomic E-state index is -0.346. The van der Waals surface area contributed by atoms with Crippen molar-refractivity contribution in [2.24, 2.45) is 5.92 Å². The topological polar surface area (TPSA) is 84.9 Å². The van der Waals surface area contributed by atoms with Crippen molar-refractivity contribution in [3.05, 3.63) is 28.7 Å². The molecule has 1 unspecified atom stereocenters. The molecule has 1 aromatic rings. The molecule has 2 heterocycles. The SMILES string of the molecule is CCCC(C)CC(=O)NCCN1C(=O)S/C(=C/c2ccc3c(c2)OCO3)C1=O. The zero-order chi connectivity index (χ0) is 20.1. The molecule has 1 N–H and O–H groups in total. The molecule has 1 atom stereocenters. The molecule has 0 radical (unpaired) electrons. The number of fused-ring (bicyclic) bond motifs is 1. The Morgan fingerprint density at radius 2 is 2.11 bits per heavy atom. The first kappa shape index (κ1) is 20.3. The lowest BCUT2D eigenvalue weighted by molar-refractivity contribution is -0.124. The Balaban J connectivity index is 1.54. The maximum Gasteiger partial charge on any atom is 0.293 e. The van der Waals surface area contributed by atoms with Gasteiger partial charge in [-0.15, -0.1) is 0 Å². The lowest BCUT2D eigenvalue weighted by Gasteiger charge is -2.14. The van der Waals surface area contributed by atoms with Crippen LogP contribution in [0.5, 0.6) is 11.5 Å². The molecule has 2 aliphatic rings. The van der Waals surface area contributed by atoms with Gasteiger partial charge in [0, 0.05) is 19.5 Å². The average Bonchev–Trinajstić information content (AvgIpc) is 3.21. The standard InChI is InChI=1S/C20H24N2O5S/c1-3-4-13(2)9-18(23)21-7-8-22-19(24)17(28-20(22)25)11-14-5-6-15-16(10-14)27-12-26-15/h5-6,10-11,13H,3-4,7-9,12H2,1-2H3,(H,21,23)/b17-11+. The third kappa shape index (κ3) is 4.86. The highest BCUT2D eigenvalue weighted by atomic mass is 32.2. The van der Waals surface area contributed by atoms with Crippen molar-refractivity contribution in [3.8, 4) is 11.5 Å². The van der Waals surface area contributed by atoms with Crippen molar-refractivity contribution in [2.75, 3.05) is 19.9 Å². The molecule has 28 heavy (non-hydrogen) atoms. The number of hydrogen-bond acceptors (Lipinski definition) is 6. The van der Waals surface area contributed by atoms with E-state index in [2.05, 4.69) is 12.2 Å². The average molecular weight is 404 g/mol. The minimum Gasteiger partial charge on any atom is -0.454 e. The van der Waals surface area contributed by atoms with Crippen LogP contribution in [-0.2, 0) is 9.59 Å². The summed E-state index contributed by atoms with van der Waals surface area (Å²) in [5, 5.41) is 2.46. The highest BCUT2D eigenvalue weighted by Gasteiger charge is 2.34. The van der Waals surface area contributed by atoms with Gasteiger partial charge in [-0.3, -0.25) is 19.3 Å². The summed E-state index contributed by atoms with van der Waals surface area (Å²) in [5.41, 5.74) is 0.757. The van der Waals surface area contributed by atoms with Crippen LogP contribution in [0.2, 0.25) is 0 Å². The molecule has 0 bridgehead atoms. The predicted octanol–water partition coefficient (Wildman–Crippen LogP) is 3.39. The first-order valence-corrected chi connectivity index (χ1v) is 10.2. The summed E-state index contributed by atoms with van der Waals surface area (Å²) >= 11 is 0.900. The van der Waals surface area contributed by atoms with Gasteiger partial charge in [-0.2, -0.15) is 0 Å². The van der Waals surface area contributed by atoms with Gasteiger partial charge in [0.1, 0.15) is 0 Å². The number of benzene rings is 1. The maximum atomic E-state index is 12.5. The molecule has 150 valence electrons. The van der Waals surface area contributed by atoms with Crippen LogP contribution >= 0.6 is 11.8 Å². The van der Waals surface area contributed by atoms with E-state index >= 15 is 0 Å². The van der Waals surface area contributed by atoms with Crippen molar-refractivity contribution in [3.63, 3.8) is 0 Å². The smallest absolute Gasteiger partial charge is 0.293 e. The van der Waals surface area contributed by atoms with E-state index in [1.165, 1.54) is 4.90 Å². The Labute approximate surface area is 168 Å². The number of imide groups is 1. The number of nitrogens with zero attached hydrogens (tertiary/aromatic N) is 1. The van der Waals surface area contributed by atoms with Crippen LogP contribution in [0.4, 0.5) is 4.79 Å². The maximum absolute atomic E-state index is 12.5. The van der Waals surface area contributed by atoms with Gasteiger partial charge in [-0.25, -0.2) is 0 Å². The second-order valence-corrected chi connectivity index (χ2v) is 7.89. The van der Waals surface area contributed by atoms with E-state index in [0.717, 1.165) is 30.2 Å². The largest absolute Gasteiger partial charge is 0.454 e. The number of rotatable bonds is 8. The first-order valence-electron chi connectivity index (χ1n) is 9.39. The molecular formula is C20H24N2O5S. The first-order chi connectivity index (χ1) is 13.5. The Morgan fingerprint density at radius 3 is 2.89 bits per heavy atom. The number of hydrogen-bond donors (Lipinski definition) is 1. The zero-order valence-electron chi connectivity index (χ0n) is 16.0. The molecule has 3 amide bonds. The van der Waals surface area contributed by atoms with Crippen LogP contribution in [-0.4, -0.2) is 41.8 Å². The summed E-state index contributed by atoms with van der Waals surface area (Å²) in [5.74, 6) is 1.21. The Bertz CT molecular complexity index is 808. The quantitative estimate of drug-likeness (QED) is 0.669. The van der Waals surface area contributed by atoms with E-state index in [4.69, 9.17) is 9.47 Å². The molecule has 0 aromatic heterocycles. The summed E-state index contributed by atoms with van der Waals surface area (Å²) in [6.45, 7) is 4.73. The van der Waals surface area contributed by atoms with Crippen molar-refractivity contribution < 1.29 is 23.9 Å². The molecule has 1 saturated heterocycles. The summed E-state index contributed by atoms with van der Waals surface area (Å²) in [6.07, 6.45) is 4.17. The van der Waals surface area contributed by atoms with Gasteiger partial charge in [-0.05, 0) is 41.5 Å². The minimum absolute atomic E-state index is 0.0520. The van der Waals surface area contributed by atoms with Gasteiger partial charge in [-0.1, -0.05) is 32.8 Å². The molecule has 1 aromatic carbocycles. The van der Waals surface area contributed by atoms with Crippen LogP contribution in [0.1, 0.15) is 38.7 Å². The molecular weight excluding hydrogens is 380 g/mol. The Kier molecular flexibility index (Phi) is 6.61. The fraction of sp³-hybridized carbons (Fsp3) is 0.450. The van der Waals surface area contributed by atoms with Crippen molar-refractivity contribution in [1.82, 2.24) is 10.2 Å². The van der Waals surface area contributed by atoms with Crippen LogP contribution in [0.15, 0.2) is 23.1 Å². The van der Waals surface area contributed by atoms with Gasteiger partial charge in [0.05, 0.1) is 4.91 Å². The van der Waals surface area contributed by atoms with Crippen molar-refractivity contribution in [1.29, 1.82) is 0 Å². The highest BCUT2D eigenvalue weighted by Crippen LogP contribution is 2.36. The fourth-order valence-electron chi connectivity index (χ4n) is 3.14. The zero-order valence-corrected chi connectivity index (χ0v) is 16.8. The number of amides is 3. The molecule has 0 spiro atoms. The Hall–Kier alpha value is -2.48. The molecule has 8 heteroatoms. The highest BCUT2D eigenvalue weighted by molar-refractivity contribution is 8.18. The lowest BCUT2D eigenvalue weighted by atomic mass is 10.0. The normalized spacial score (nSPS) is 18.1. The summed E-state index contributed by atoms with van der Waals surface area (Å²) < 4.78 is 10.6. The van der Waals surface area contributed by atoms with E-state index in [-0.39, 0.29) is 36.9 Å².